The van der Waals surface area contributed by atoms with Crippen LogP contribution in [0.1, 0.15) is 47.0 Å². The molecule has 2 unspecified atom stereocenters. The summed E-state index contributed by atoms with van der Waals surface area (Å²) in [5.74, 6) is 0.916. The van der Waals surface area contributed by atoms with Crippen molar-refractivity contribution in [2.45, 2.75) is 53.0 Å². The highest BCUT2D eigenvalue weighted by atomic mass is 15.2. The lowest BCUT2D eigenvalue weighted by Crippen LogP contribution is -2.41. The number of likely N-dealkylation sites (tertiary alicyclic amines) is 1. The third-order valence-electron chi connectivity index (χ3n) is 3.53. The summed E-state index contributed by atoms with van der Waals surface area (Å²) in [5, 5.41) is 0. The van der Waals surface area contributed by atoms with Crippen molar-refractivity contribution in [2.75, 3.05) is 19.6 Å². The summed E-state index contributed by atoms with van der Waals surface area (Å²) in [7, 11) is 0. The van der Waals surface area contributed by atoms with Gasteiger partial charge in [0, 0.05) is 19.1 Å². The summed E-state index contributed by atoms with van der Waals surface area (Å²) in [6.45, 7) is 12.6. The predicted molar refractivity (Wildman–Crippen MR) is 66.9 cm³/mol. The maximum Gasteiger partial charge on any atom is 0.0223 e. The van der Waals surface area contributed by atoms with Crippen LogP contribution in [0.2, 0.25) is 0 Å². The second kappa shape index (κ2) is 5.31. The van der Waals surface area contributed by atoms with E-state index in [1.807, 2.05) is 0 Å². The van der Waals surface area contributed by atoms with Crippen LogP contribution in [0.25, 0.3) is 0 Å². The minimum atomic E-state index is 0.397. The average Bonchev–Trinajstić information content (AvgIpc) is 2.60. The lowest BCUT2D eigenvalue weighted by Gasteiger charge is -2.32. The first-order chi connectivity index (χ1) is 6.96. The molecule has 1 rings (SSSR count). The minimum absolute atomic E-state index is 0.397. The summed E-state index contributed by atoms with van der Waals surface area (Å²) in [6, 6.07) is 0.599. The molecule has 0 radical (unpaired) electrons. The second-order valence-corrected chi connectivity index (χ2v) is 6.21. The monoisotopic (exact) mass is 212 g/mol. The fourth-order valence-corrected chi connectivity index (χ4v) is 2.60. The molecule has 0 aliphatic carbocycles. The van der Waals surface area contributed by atoms with E-state index in [9.17, 15) is 0 Å². The number of rotatable bonds is 4. The number of nitrogens with two attached hydrogens (primary N) is 1. The smallest absolute Gasteiger partial charge is 0.0223 e. The molecule has 1 fully saturated rings. The lowest BCUT2D eigenvalue weighted by atomic mass is 9.87. The predicted octanol–water partition coefficient (Wildman–Crippen LogP) is 2.48. The van der Waals surface area contributed by atoms with Gasteiger partial charge in [0.2, 0.25) is 0 Å². The molecular formula is C13H28N2. The van der Waals surface area contributed by atoms with Crippen LogP contribution in [-0.2, 0) is 0 Å². The van der Waals surface area contributed by atoms with Gasteiger partial charge in [0.15, 0.2) is 0 Å². The molecule has 0 aromatic rings. The van der Waals surface area contributed by atoms with Crippen molar-refractivity contribution in [3.05, 3.63) is 0 Å². The molecule has 1 heterocycles. The van der Waals surface area contributed by atoms with Crippen LogP contribution in [0.3, 0.4) is 0 Å². The summed E-state index contributed by atoms with van der Waals surface area (Å²) >= 11 is 0. The van der Waals surface area contributed by atoms with Gasteiger partial charge in [-0.1, -0.05) is 34.1 Å². The average molecular weight is 212 g/mol. The van der Waals surface area contributed by atoms with Gasteiger partial charge in [-0.25, -0.2) is 0 Å². The zero-order valence-corrected chi connectivity index (χ0v) is 10.9. The summed E-state index contributed by atoms with van der Waals surface area (Å²) in [5.41, 5.74) is 6.30. The first-order valence-electron chi connectivity index (χ1n) is 6.40. The van der Waals surface area contributed by atoms with Crippen molar-refractivity contribution in [1.29, 1.82) is 0 Å². The highest BCUT2D eigenvalue weighted by Gasteiger charge is 2.28. The van der Waals surface area contributed by atoms with E-state index >= 15 is 0 Å². The van der Waals surface area contributed by atoms with Gasteiger partial charge in [0.1, 0.15) is 0 Å². The molecule has 0 aromatic carbocycles. The van der Waals surface area contributed by atoms with Gasteiger partial charge in [-0.15, -0.1) is 0 Å². The third kappa shape index (κ3) is 4.12. The van der Waals surface area contributed by atoms with Crippen LogP contribution in [-0.4, -0.2) is 30.6 Å². The maximum atomic E-state index is 5.91. The first kappa shape index (κ1) is 13.0. The summed E-state index contributed by atoms with van der Waals surface area (Å²) in [6.07, 6.45) is 3.92. The van der Waals surface area contributed by atoms with Crippen molar-refractivity contribution in [3.63, 3.8) is 0 Å². The maximum absolute atomic E-state index is 5.91. The Bertz CT molecular complexity index is 183. The van der Waals surface area contributed by atoms with Crippen LogP contribution < -0.4 is 5.73 Å². The second-order valence-electron chi connectivity index (χ2n) is 6.21. The molecule has 90 valence electrons. The zero-order valence-electron chi connectivity index (χ0n) is 10.9. The van der Waals surface area contributed by atoms with Crippen molar-refractivity contribution in [3.8, 4) is 0 Å². The fraction of sp³-hybridized carbons (Fsp3) is 1.00. The van der Waals surface area contributed by atoms with E-state index in [-0.39, 0.29) is 0 Å². The van der Waals surface area contributed by atoms with Gasteiger partial charge >= 0.3 is 0 Å². The van der Waals surface area contributed by atoms with Gasteiger partial charge in [-0.05, 0) is 30.7 Å². The number of hydrogen-bond acceptors (Lipinski definition) is 2. The Morgan fingerprint density at radius 1 is 1.40 bits per heavy atom. The van der Waals surface area contributed by atoms with Crippen LogP contribution in [0.15, 0.2) is 0 Å². The van der Waals surface area contributed by atoms with Crippen LogP contribution >= 0.6 is 0 Å². The van der Waals surface area contributed by atoms with Crippen LogP contribution in [0, 0.1) is 11.3 Å². The Kier molecular flexibility index (Phi) is 4.60. The summed E-state index contributed by atoms with van der Waals surface area (Å²) in [4.78, 5) is 2.61. The van der Waals surface area contributed by atoms with E-state index in [0.717, 1.165) is 12.5 Å². The van der Waals surface area contributed by atoms with Crippen molar-refractivity contribution >= 4 is 0 Å². The topological polar surface area (TPSA) is 29.3 Å². The Labute approximate surface area is 95.2 Å². The van der Waals surface area contributed by atoms with E-state index in [0.29, 0.717) is 11.5 Å². The molecule has 0 bridgehead atoms. The highest BCUT2D eigenvalue weighted by molar-refractivity contribution is 4.84. The van der Waals surface area contributed by atoms with Crippen molar-refractivity contribution < 1.29 is 0 Å². The number of hydrogen-bond donors (Lipinski definition) is 1. The molecule has 1 aliphatic rings. The summed E-state index contributed by atoms with van der Waals surface area (Å²) < 4.78 is 0. The Hall–Kier alpha value is -0.0800. The van der Waals surface area contributed by atoms with E-state index in [1.54, 1.807) is 0 Å². The normalized spacial score (nSPS) is 25.8. The fourth-order valence-electron chi connectivity index (χ4n) is 2.60. The molecule has 2 N–H and O–H groups in total. The zero-order chi connectivity index (χ0) is 11.5. The van der Waals surface area contributed by atoms with Crippen LogP contribution in [0.4, 0.5) is 0 Å². The van der Waals surface area contributed by atoms with E-state index in [1.165, 1.54) is 32.4 Å². The molecular weight excluding hydrogens is 184 g/mol. The van der Waals surface area contributed by atoms with Gasteiger partial charge in [0.05, 0.1) is 0 Å². The molecule has 0 aromatic heterocycles. The van der Waals surface area contributed by atoms with Crippen molar-refractivity contribution in [1.82, 2.24) is 4.90 Å². The van der Waals surface area contributed by atoms with Crippen LogP contribution in [0.5, 0.6) is 0 Å². The standard InChI is InChI=1S/C13H28N2/c1-5-11-6-7-15(10-11)12(9-14)8-13(2,3)4/h11-12H,5-10,14H2,1-4H3. The molecule has 2 heteroatoms. The van der Waals surface area contributed by atoms with E-state index in [4.69, 9.17) is 5.73 Å². The van der Waals surface area contributed by atoms with Gasteiger partial charge in [-0.2, -0.15) is 0 Å². The number of nitrogens with zero attached hydrogens (tertiary/aromatic N) is 1. The van der Waals surface area contributed by atoms with Crippen molar-refractivity contribution in [2.24, 2.45) is 17.1 Å². The minimum Gasteiger partial charge on any atom is -0.329 e. The molecule has 15 heavy (non-hydrogen) atoms. The Balaban J connectivity index is 2.46. The SMILES string of the molecule is CCC1CCN(C(CN)CC(C)(C)C)C1. The highest BCUT2D eigenvalue weighted by Crippen LogP contribution is 2.27. The Morgan fingerprint density at radius 3 is 2.47 bits per heavy atom. The molecule has 0 saturated carbocycles. The van der Waals surface area contributed by atoms with Gasteiger partial charge in [-0.3, -0.25) is 4.90 Å². The van der Waals surface area contributed by atoms with Gasteiger partial charge < -0.3 is 5.73 Å². The quantitative estimate of drug-likeness (QED) is 0.776. The lowest BCUT2D eigenvalue weighted by molar-refractivity contribution is 0.177. The third-order valence-corrected chi connectivity index (χ3v) is 3.53. The Morgan fingerprint density at radius 2 is 2.07 bits per heavy atom. The molecule has 0 amide bonds. The molecule has 0 spiro atoms. The molecule has 2 nitrogen and oxygen atoms in total. The van der Waals surface area contributed by atoms with E-state index < -0.39 is 0 Å². The molecule has 1 saturated heterocycles. The molecule has 2 atom stereocenters. The molecule has 1 aliphatic heterocycles. The van der Waals surface area contributed by atoms with E-state index in [2.05, 4.69) is 32.6 Å². The largest absolute Gasteiger partial charge is 0.329 e. The first-order valence-corrected chi connectivity index (χ1v) is 6.40. The van der Waals surface area contributed by atoms with Gasteiger partial charge in [0.25, 0.3) is 0 Å².